The average molecular weight is 462 g/mol. The van der Waals surface area contributed by atoms with Crippen molar-refractivity contribution in [2.24, 2.45) is 5.92 Å². The Balaban J connectivity index is 1.45. The van der Waals surface area contributed by atoms with Gasteiger partial charge in [0.25, 0.3) is 0 Å². The molecular weight excluding hydrogens is 430 g/mol. The first kappa shape index (κ1) is 23.7. The molecule has 2 saturated heterocycles. The van der Waals surface area contributed by atoms with E-state index in [4.69, 9.17) is 4.74 Å². The summed E-state index contributed by atoms with van der Waals surface area (Å²) in [5.41, 5.74) is 1.37. The Hall–Kier alpha value is -3.40. The molecule has 2 aliphatic heterocycles. The van der Waals surface area contributed by atoms with Crippen molar-refractivity contribution in [2.45, 2.75) is 51.2 Å². The Bertz CT molecular complexity index is 1070. The minimum Gasteiger partial charge on any atom is -0.490 e. The van der Waals surface area contributed by atoms with Gasteiger partial charge in [-0.2, -0.15) is 15.5 Å². The number of fused-ring (bicyclic) bond motifs is 1. The second-order valence-corrected chi connectivity index (χ2v) is 9.06. The first-order valence-electron chi connectivity index (χ1n) is 11.9. The third kappa shape index (κ3) is 5.74. The van der Waals surface area contributed by atoms with Crippen LogP contribution >= 0.6 is 0 Å². The fourth-order valence-electron chi connectivity index (χ4n) is 4.86. The van der Waals surface area contributed by atoms with Crippen molar-refractivity contribution in [3.8, 4) is 17.9 Å². The minimum absolute atomic E-state index is 0.106. The number of benzene rings is 1. The van der Waals surface area contributed by atoms with Gasteiger partial charge in [0.1, 0.15) is 35.9 Å². The van der Waals surface area contributed by atoms with Gasteiger partial charge in [-0.3, -0.25) is 0 Å². The molecule has 0 aliphatic carbocycles. The number of nitriles is 2. The fraction of sp³-hybridized carbons (Fsp3) is 0.520. The molecule has 0 saturated carbocycles. The van der Waals surface area contributed by atoms with E-state index >= 15 is 0 Å². The van der Waals surface area contributed by atoms with Crippen molar-refractivity contribution in [1.82, 2.24) is 14.9 Å². The Morgan fingerprint density at radius 1 is 1.18 bits per heavy atom. The van der Waals surface area contributed by atoms with Gasteiger partial charge in [0.05, 0.1) is 17.9 Å². The molecule has 3 N–H and O–H groups in total. The molecule has 1 aromatic carbocycles. The lowest BCUT2D eigenvalue weighted by molar-refractivity contribution is 0.0649. The highest BCUT2D eigenvalue weighted by Crippen LogP contribution is 2.31. The molecule has 2 aromatic rings. The summed E-state index contributed by atoms with van der Waals surface area (Å²) in [5.74, 6) is 1.80. The van der Waals surface area contributed by atoms with E-state index in [2.05, 4.69) is 37.6 Å². The zero-order valence-corrected chi connectivity index (χ0v) is 19.5. The summed E-state index contributed by atoms with van der Waals surface area (Å²) in [6, 6.07) is 9.96. The Morgan fingerprint density at radius 3 is 2.79 bits per heavy atom. The maximum Gasteiger partial charge on any atom is 0.229 e. The molecule has 0 bridgehead atoms. The zero-order valence-electron chi connectivity index (χ0n) is 19.5. The van der Waals surface area contributed by atoms with Crippen LogP contribution in [0.3, 0.4) is 0 Å². The number of nitrogens with zero attached hydrogens (tertiary/aromatic N) is 5. The first-order valence-corrected chi connectivity index (χ1v) is 11.9. The quantitative estimate of drug-likeness (QED) is 0.541. The standard InChI is InChI=1S/C25H31N7O2/c1-17(33)16-34-23-8-7-21(11-19(23)12-26)30-25-29-15-20(13-27)24(31-25)28-14-18-5-4-10-32-9-3-2-6-22(18)32/h7-8,11,15,17-18,22,33H,2-6,9-10,14,16H2,1H3,(H2,28,29,30,31)/t17?,18-,22+/m0/s1. The highest BCUT2D eigenvalue weighted by atomic mass is 16.5. The van der Waals surface area contributed by atoms with Crippen molar-refractivity contribution in [3.63, 3.8) is 0 Å². The molecule has 0 amide bonds. The highest BCUT2D eigenvalue weighted by Gasteiger charge is 2.32. The van der Waals surface area contributed by atoms with Crippen molar-refractivity contribution in [3.05, 3.63) is 35.5 Å². The van der Waals surface area contributed by atoms with E-state index in [1.165, 1.54) is 51.4 Å². The van der Waals surface area contributed by atoms with E-state index in [1.807, 2.05) is 0 Å². The third-order valence-corrected chi connectivity index (χ3v) is 6.51. The first-order chi connectivity index (χ1) is 16.6. The van der Waals surface area contributed by atoms with E-state index < -0.39 is 6.10 Å². The van der Waals surface area contributed by atoms with E-state index in [1.54, 1.807) is 25.1 Å². The maximum atomic E-state index is 9.55. The van der Waals surface area contributed by atoms with E-state index in [9.17, 15) is 15.6 Å². The number of ether oxygens (including phenoxy) is 1. The summed E-state index contributed by atoms with van der Waals surface area (Å²) in [4.78, 5) is 11.4. The number of hydrogen-bond donors (Lipinski definition) is 3. The lowest BCUT2D eigenvalue weighted by Crippen LogP contribution is -2.49. The fourth-order valence-corrected chi connectivity index (χ4v) is 4.86. The predicted molar refractivity (Wildman–Crippen MR) is 129 cm³/mol. The predicted octanol–water partition coefficient (Wildman–Crippen LogP) is 3.40. The van der Waals surface area contributed by atoms with Gasteiger partial charge in [0.2, 0.25) is 5.95 Å². The van der Waals surface area contributed by atoms with Crippen LogP contribution in [-0.2, 0) is 0 Å². The van der Waals surface area contributed by atoms with Crippen LogP contribution < -0.4 is 15.4 Å². The van der Waals surface area contributed by atoms with Crippen LogP contribution in [-0.4, -0.2) is 58.4 Å². The number of rotatable bonds is 8. The van der Waals surface area contributed by atoms with Gasteiger partial charge in [-0.25, -0.2) is 4.98 Å². The van der Waals surface area contributed by atoms with Crippen LogP contribution in [0.15, 0.2) is 24.4 Å². The average Bonchev–Trinajstić information content (AvgIpc) is 2.86. The summed E-state index contributed by atoms with van der Waals surface area (Å²) in [6.07, 6.45) is 7.10. The van der Waals surface area contributed by atoms with Crippen molar-refractivity contribution in [1.29, 1.82) is 10.5 Å². The van der Waals surface area contributed by atoms with Crippen molar-refractivity contribution >= 4 is 17.5 Å². The van der Waals surface area contributed by atoms with Gasteiger partial charge in [0.15, 0.2) is 0 Å². The van der Waals surface area contributed by atoms with Gasteiger partial charge in [-0.05, 0) is 69.8 Å². The minimum atomic E-state index is -0.628. The second-order valence-electron chi connectivity index (χ2n) is 9.06. The molecule has 4 rings (SSSR count). The molecule has 34 heavy (non-hydrogen) atoms. The van der Waals surface area contributed by atoms with Crippen LogP contribution in [0.4, 0.5) is 17.5 Å². The van der Waals surface area contributed by atoms with Gasteiger partial charge in [-0.15, -0.1) is 0 Å². The largest absolute Gasteiger partial charge is 0.490 e. The number of nitrogens with one attached hydrogen (secondary N) is 2. The third-order valence-electron chi connectivity index (χ3n) is 6.51. The lowest BCUT2D eigenvalue weighted by Gasteiger charge is -2.44. The second kappa shape index (κ2) is 11.1. The summed E-state index contributed by atoms with van der Waals surface area (Å²) < 4.78 is 5.49. The molecule has 1 aromatic heterocycles. The van der Waals surface area contributed by atoms with Gasteiger partial charge < -0.3 is 25.4 Å². The van der Waals surface area contributed by atoms with Crippen LogP contribution in [0.5, 0.6) is 5.75 Å². The van der Waals surface area contributed by atoms with Gasteiger partial charge >= 0.3 is 0 Å². The molecule has 2 aliphatic rings. The summed E-state index contributed by atoms with van der Waals surface area (Å²) >= 11 is 0. The van der Waals surface area contributed by atoms with Crippen molar-refractivity contribution < 1.29 is 9.84 Å². The van der Waals surface area contributed by atoms with Gasteiger partial charge in [-0.1, -0.05) is 6.42 Å². The van der Waals surface area contributed by atoms with Crippen molar-refractivity contribution in [2.75, 3.05) is 36.9 Å². The van der Waals surface area contributed by atoms with Crippen LogP contribution in [0.2, 0.25) is 0 Å². The summed E-state index contributed by atoms with van der Waals surface area (Å²) in [5, 5.41) is 34.9. The molecule has 178 valence electrons. The SMILES string of the molecule is CC(O)COc1ccc(Nc2ncc(C#N)c(NC[C@@H]3CCCN4CCCC[C@H]34)n2)cc1C#N. The van der Waals surface area contributed by atoms with Crippen LogP contribution in [0.25, 0.3) is 0 Å². The van der Waals surface area contributed by atoms with Crippen LogP contribution in [0.1, 0.15) is 50.2 Å². The maximum absolute atomic E-state index is 9.55. The molecular formula is C25H31N7O2. The number of aliphatic hydroxyl groups is 1. The number of aliphatic hydroxyl groups excluding tert-OH is 1. The highest BCUT2D eigenvalue weighted by molar-refractivity contribution is 5.62. The molecule has 0 radical (unpaired) electrons. The summed E-state index contributed by atoms with van der Waals surface area (Å²) in [6.45, 7) is 4.89. The molecule has 9 heteroatoms. The monoisotopic (exact) mass is 461 g/mol. The molecule has 1 unspecified atom stereocenters. The number of hydrogen-bond acceptors (Lipinski definition) is 9. The van der Waals surface area contributed by atoms with E-state index in [-0.39, 0.29) is 6.61 Å². The Labute approximate surface area is 200 Å². The topological polar surface area (TPSA) is 130 Å². The molecule has 9 nitrogen and oxygen atoms in total. The van der Waals surface area contributed by atoms with E-state index in [0.29, 0.717) is 46.3 Å². The molecule has 0 spiro atoms. The number of piperidine rings is 2. The molecule has 3 atom stereocenters. The molecule has 3 heterocycles. The zero-order chi connectivity index (χ0) is 23.9. The smallest absolute Gasteiger partial charge is 0.229 e. The number of aromatic nitrogens is 2. The Kier molecular flexibility index (Phi) is 7.79. The molecule has 2 fully saturated rings. The van der Waals surface area contributed by atoms with E-state index in [0.717, 1.165) is 6.54 Å². The Morgan fingerprint density at radius 2 is 2.00 bits per heavy atom. The van der Waals surface area contributed by atoms with Gasteiger partial charge in [0, 0.05) is 18.3 Å². The lowest BCUT2D eigenvalue weighted by atomic mass is 9.83. The normalized spacial score (nSPS) is 20.9. The van der Waals surface area contributed by atoms with Crippen LogP contribution in [0, 0.1) is 28.6 Å². The number of anilines is 3. The summed E-state index contributed by atoms with van der Waals surface area (Å²) in [7, 11) is 0.